The predicted molar refractivity (Wildman–Crippen MR) is 66.3 cm³/mol. The van der Waals surface area contributed by atoms with E-state index in [4.69, 9.17) is 0 Å². The van der Waals surface area contributed by atoms with Crippen molar-refractivity contribution < 1.29 is 0 Å². The van der Waals surface area contributed by atoms with Crippen LogP contribution < -0.4 is 0 Å². The SMILES string of the molecule is C=C(C)/C=C/C(CC=C(C)C)C(C)C. The molecule has 0 radical (unpaired) electrons. The summed E-state index contributed by atoms with van der Waals surface area (Å²) < 4.78 is 0. The van der Waals surface area contributed by atoms with Gasteiger partial charge in [-0.15, -0.1) is 0 Å². The summed E-state index contributed by atoms with van der Waals surface area (Å²) in [5, 5.41) is 0. The Balaban J connectivity index is 4.31. The lowest BCUT2D eigenvalue weighted by Gasteiger charge is -2.15. The zero-order valence-corrected chi connectivity index (χ0v) is 10.3. The van der Waals surface area contributed by atoms with Crippen molar-refractivity contribution in [3.63, 3.8) is 0 Å². The molecule has 0 heteroatoms. The van der Waals surface area contributed by atoms with Gasteiger partial charge in [-0.2, -0.15) is 0 Å². The van der Waals surface area contributed by atoms with E-state index in [1.807, 2.05) is 6.92 Å². The van der Waals surface area contributed by atoms with Gasteiger partial charge in [0.15, 0.2) is 0 Å². The van der Waals surface area contributed by atoms with Gasteiger partial charge in [0.05, 0.1) is 0 Å². The van der Waals surface area contributed by atoms with Gasteiger partial charge in [0.25, 0.3) is 0 Å². The van der Waals surface area contributed by atoms with Crippen molar-refractivity contribution >= 4 is 0 Å². The van der Waals surface area contributed by atoms with Crippen molar-refractivity contribution in [1.29, 1.82) is 0 Å². The van der Waals surface area contributed by atoms with E-state index in [0.29, 0.717) is 11.8 Å². The molecule has 0 aliphatic rings. The molecule has 0 aliphatic carbocycles. The molecular formula is C14H24. The Labute approximate surface area is 89.4 Å². The number of hydrogen-bond donors (Lipinski definition) is 0. The lowest BCUT2D eigenvalue weighted by molar-refractivity contribution is 0.469. The summed E-state index contributed by atoms with van der Waals surface area (Å²) in [6.07, 6.45) is 7.87. The molecule has 0 saturated carbocycles. The van der Waals surface area contributed by atoms with Gasteiger partial charge in [-0.3, -0.25) is 0 Å². The lowest BCUT2D eigenvalue weighted by Crippen LogP contribution is -2.04. The van der Waals surface area contributed by atoms with E-state index < -0.39 is 0 Å². The standard InChI is InChI=1S/C14H24/c1-11(2)7-9-14(13(5)6)10-8-12(3)4/h7-9,13-14H,1,10H2,2-6H3/b9-7+. The second kappa shape index (κ2) is 6.64. The molecular weight excluding hydrogens is 168 g/mol. The highest BCUT2D eigenvalue weighted by Crippen LogP contribution is 2.18. The summed E-state index contributed by atoms with van der Waals surface area (Å²) >= 11 is 0. The van der Waals surface area contributed by atoms with E-state index >= 15 is 0 Å². The van der Waals surface area contributed by atoms with Crippen LogP contribution in [0.15, 0.2) is 36.0 Å². The molecule has 0 heterocycles. The van der Waals surface area contributed by atoms with Gasteiger partial charge in [-0.1, -0.05) is 49.8 Å². The molecule has 0 bridgehead atoms. The summed E-state index contributed by atoms with van der Waals surface area (Å²) in [4.78, 5) is 0. The highest BCUT2D eigenvalue weighted by atomic mass is 14.1. The first-order valence-corrected chi connectivity index (χ1v) is 5.40. The van der Waals surface area contributed by atoms with Crippen molar-refractivity contribution in [3.8, 4) is 0 Å². The summed E-state index contributed by atoms with van der Waals surface area (Å²) in [5.41, 5.74) is 2.53. The second-order valence-corrected chi connectivity index (χ2v) is 4.63. The van der Waals surface area contributed by atoms with Crippen molar-refractivity contribution in [3.05, 3.63) is 36.0 Å². The molecule has 0 rings (SSSR count). The monoisotopic (exact) mass is 192 g/mol. The zero-order chi connectivity index (χ0) is 11.1. The Hall–Kier alpha value is -0.780. The van der Waals surface area contributed by atoms with E-state index in [1.165, 1.54) is 5.57 Å². The highest BCUT2D eigenvalue weighted by Gasteiger charge is 2.07. The minimum atomic E-state index is 0.640. The molecule has 0 aromatic rings. The minimum absolute atomic E-state index is 0.640. The Morgan fingerprint density at radius 3 is 2.14 bits per heavy atom. The average molecular weight is 192 g/mol. The van der Waals surface area contributed by atoms with Crippen LogP contribution in [0.25, 0.3) is 0 Å². The van der Waals surface area contributed by atoms with Crippen LogP contribution in [0.3, 0.4) is 0 Å². The van der Waals surface area contributed by atoms with Gasteiger partial charge in [0.2, 0.25) is 0 Å². The third kappa shape index (κ3) is 6.71. The first-order chi connectivity index (χ1) is 6.43. The van der Waals surface area contributed by atoms with Crippen LogP contribution in [0.2, 0.25) is 0 Å². The van der Waals surface area contributed by atoms with E-state index in [9.17, 15) is 0 Å². The van der Waals surface area contributed by atoms with Crippen LogP contribution >= 0.6 is 0 Å². The average Bonchev–Trinajstić information content (AvgIpc) is 2.02. The molecule has 0 fully saturated rings. The maximum atomic E-state index is 3.88. The molecule has 0 N–H and O–H groups in total. The third-order valence-electron chi connectivity index (χ3n) is 2.28. The maximum Gasteiger partial charge on any atom is -0.0173 e. The van der Waals surface area contributed by atoms with Crippen molar-refractivity contribution in [1.82, 2.24) is 0 Å². The van der Waals surface area contributed by atoms with Crippen LogP contribution in [-0.4, -0.2) is 0 Å². The van der Waals surface area contributed by atoms with E-state index in [-0.39, 0.29) is 0 Å². The normalized spacial score (nSPS) is 13.3. The van der Waals surface area contributed by atoms with Gasteiger partial charge in [-0.05, 0) is 39.0 Å². The molecule has 0 aliphatic heterocycles. The van der Waals surface area contributed by atoms with Gasteiger partial charge in [0, 0.05) is 0 Å². The Kier molecular flexibility index (Phi) is 6.27. The fraction of sp³-hybridized carbons (Fsp3) is 0.571. The van der Waals surface area contributed by atoms with Crippen LogP contribution in [0.4, 0.5) is 0 Å². The molecule has 1 unspecified atom stereocenters. The molecule has 0 saturated heterocycles. The minimum Gasteiger partial charge on any atom is -0.0961 e. The largest absolute Gasteiger partial charge is 0.0961 e. The van der Waals surface area contributed by atoms with Gasteiger partial charge < -0.3 is 0 Å². The van der Waals surface area contributed by atoms with Crippen molar-refractivity contribution in [2.24, 2.45) is 11.8 Å². The molecule has 0 nitrogen and oxygen atoms in total. The highest BCUT2D eigenvalue weighted by molar-refractivity contribution is 5.13. The molecule has 0 amide bonds. The fourth-order valence-electron chi connectivity index (χ4n) is 1.23. The number of hydrogen-bond acceptors (Lipinski definition) is 0. The zero-order valence-electron chi connectivity index (χ0n) is 10.3. The molecule has 80 valence electrons. The number of rotatable bonds is 5. The first-order valence-electron chi connectivity index (χ1n) is 5.40. The van der Waals surface area contributed by atoms with Crippen LogP contribution in [0.5, 0.6) is 0 Å². The molecule has 0 spiro atoms. The predicted octanol–water partition coefficient (Wildman–Crippen LogP) is 4.75. The van der Waals surface area contributed by atoms with E-state index in [2.05, 4.69) is 52.5 Å². The molecule has 0 aromatic carbocycles. The van der Waals surface area contributed by atoms with Crippen molar-refractivity contribution in [2.45, 2.75) is 41.0 Å². The second-order valence-electron chi connectivity index (χ2n) is 4.63. The Morgan fingerprint density at radius 2 is 1.79 bits per heavy atom. The van der Waals surface area contributed by atoms with Crippen LogP contribution in [0.1, 0.15) is 41.0 Å². The lowest BCUT2D eigenvalue weighted by atomic mass is 9.91. The van der Waals surface area contributed by atoms with Gasteiger partial charge >= 0.3 is 0 Å². The molecule has 1 atom stereocenters. The number of allylic oxidation sites excluding steroid dienone is 5. The van der Waals surface area contributed by atoms with Crippen molar-refractivity contribution in [2.75, 3.05) is 0 Å². The van der Waals surface area contributed by atoms with Gasteiger partial charge in [-0.25, -0.2) is 0 Å². The smallest absolute Gasteiger partial charge is 0.0173 e. The summed E-state index contributed by atoms with van der Waals surface area (Å²) in [7, 11) is 0. The topological polar surface area (TPSA) is 0 Å². The maximum absolute atomic E-state index is 3.88. The van der Waals surface area contributed by atoms with Gasteiger partial charge in [0.1, 0.15) is 0 Å². The quantitative estimate of drug-likeness (QED) is 0.435. The van der Waals surface area contributed by atoms with Crippen LogP contribution in [0, 0.1) is 11.8 Å². The van der Waals surface area contributed by atoms with Crippen LogP contribution in [-0.2, 0) is 0 Å². The third-order valence-corrected chi connectivity index (χ3v) is 2.28. The fourth-order valence-corrected chi connectivity index (χ4v) is 1.23. The summed E-state index contributed by atoms with van der Waals surface area (Å²) in [6, 6.07) is 0. The summed E-state index contributed by atoms with van der Waals surface area (Å²) in [5.74, 6) is 1.34. The Morgan fingerprint density at radius 1 is 1.21 bits per heavy atom. The molecule has 0 aromatic heterocycles. The van der Waals surface area contributed by atoms with E-state index in [1.54, 1.807) is 0 Å². The summed E-state index contributed by atoms with van der Waals surface area (Å²) in [6.45, 7) is 14.8. The Bertz CT molecular complexity index is 224. The first kappa shape index (κ1) is 13.2. The van der Waals surface area contributed by atoms with E-state index in [0.717, 1.165) is 12.0 Å². The molecule has 14 heavy (non-hydrogen) atoms.